The van der Waals surface area contributed by atoms with Crippen LogP contribution in [0.2, 0.25) is 0 Å². The third kappa shape index (κ3) is 4.47. The Morgan fingerprint density at radius 1 is 1.24 bits per heavy atom. The number of aliphatic hydroxyl groups is 1. The van der Waals surface area contributed by atoms with Crippen molar-refractivity contribution in [3.8, 4) is 17.3 Å². The Bertz CT molecular complexity index is 925. The first kappa shape index (κ1) is 19.6. The van der Waals surface area contributed by atoms with E-state index in [4.69, 9.17) is 18.4 Å². The van der Waals surface area contributed by atoms with Crippen LogP contribution in [-0.4, -0.2) is 52.0 Å². The summed E-state index contributed by atoms with van der Waals surface area (Å²) in [7, 11) is 1.62. The zero-order chi connectivity index (χ0) is 20.1. The predicted octanol–water partition coefficient (Wildman–Crippen LogP) is 2.58. The van der Waals surface area contributed by atoms with E-state index in [2.05, 4.69) is 20.0 Å². The van der Waals surface area contributed by atoms with E-state index in [0.29, 0.717) is 48.7 Å². The first-order chi connectivity index (χ1) is 14.3. The monoisotopic (exact) mass is 400 g/mol. The number of methoxy groups -OCH3 is 1. The van der Waals surface area contributed by atoms with Crippen molar-refractivity contribution in [2.75, 3.05) is 26.9 Å². The molecular weight excluding hydrogens is 376 g/mol. The molecule has 29 heavy (non-hydrogen) atoms. The Morgan fingerprint density at radius 2 is 2.14 bits per heavy atom. The molecule has 1 aliphatic heterocycles. The second kappa shape index (κ2) is 9.17. The summed E-state index contributed by atoms with van der Waals surface area (Å²) in [6.07, 6.45) is 3.63. The molecule has 3 aromatic heterocycles. The number of aromatic nitrogens is 3. The van der Waals surface area contributed by atoms with Crippen molar-refractivity contribution in [1.29, 1.82) is 0 Å². The molecule has 0 amide bonds. The smallest absolute Gasteiger partial charge is 0.244 e. The molecule has 1 N–H and O–H groups in total. The van der Waals surface area contributed by atoms with Gasteiger partial charge in [0.15, 0.2) is 0 Å². The zero-order valence-corrected chi connectivity index (χ0v) is 16.3. The van der Waals surface area contributed by atoms with Crippen LogP contribution in [0, 0.1) is 0 Å². The summed E-state index contributed by atoms with van der Waals surface area (Å²) in [5.74, 6) is 2.84. The first-order valence-corrected chi connectivity index (χ1v) is 9.61. The maximum atomic E-state index is 9.18. The molecule has 0 radical (unpaired) electrons. The van der Waals surface area contributed by atoms with Crippen LogP contribution in [-0.2, 0) is 17.9 Å². The summed E-state index contributed by atoms with van der Waals surface area (Å²) >= 11 is 0. The van der Waals surface area contributed by atoms with Crippen LogP contribution < -0.4 is 4.74 Å². The van der Waals surface area contributed by atoms with E-state index in [9.17, 15) is 5.11 Å². The Hall–Kier alpha value is -2.75. The van der Waals surface area contributed by atoms with E-state index in [-0.39, 0.29) is 12.6 Å². The van der Waals surface area contributed by atoms with Crippen molar-refractivity contribution >= 4 is 0 Å². The minimum Gasteiger partial charge on any atom is -0.475 e. The largest absolute Gasteiger partial charge is 0.475 e. The molecule has 9 heteroatoms. The molecule has 3 aromatic rings. The molecule has 0 bridgehead atoms. The lowest BCUT2D eigenvalue weighted by atomic mass is 10.2. The van der Waals surface area contributed by atoms with E-state index in [1.807, 2.05) is 18.2 Å². The fourth-order valence-corrected chi connectivity index (χ4v) is 3.47. The van der Waals surface area contributed by atoms with Crippen molar-refractivity contribution in [2.24, 2.45) is 0 Å². The molecule has 0 unspecified atom stereocenters. The van der Waals surface area contributed by atoms with E-state index in [1.165, 1.54) is 0 Å². The molecule has 4 heterocycles. The third-order valence-electron chi connectivity index (χ3n) is 4.86. The number of hydrogen-bond donors (Lipinski definition) is 1. The summed E-state index contributed by atoms with van der Waals surface area (Å²) in [4.78, 5) is 11.1. The first-order valence-electron chi connectivity index (χ1n) is 9.61. The number of hydrogen-bond acceptors (Lipinski definition) is 9. The highest BCUT2D eigenvalue weighted by Crippen LogP contribution is 2.34. The molecule has 0 saturated carbocycles. The minimum absolute atomic E-state index is 0.0217. The van der Waals surface area contributed by atoms with Crippen molar-refractivity contribution in [2.45, 2.75) is 32.0 Å². The molecule has 0 aliphatic carbocycles. The molecule has 1 fully saturated rings. The van der Waals surface area contributed by atoms with E-state index in [0.717, 1.165) is 25.1 Å². The van der Waals surface area contributed by atoms with Gasteiger partial charge in [-0.25, -0.2) is 4.98 Å². The van der Waals surface area contributed by atoms with Crippen molar-refractivity contribution in [3.63, 3.8) is 0 Å². The van der Waals surface area contributed by atoms with Gasteiger partial charge < -0.3 is 23.5 Å². The standard InChI is InChI=1S/C20H24N4O5/c1-26-10-11-27-19-16(4-2-8-21-19)18-22-20(29-23-18)17-5-3-9-24(17)12-14-6-7-15(13-25)28-14/h2,4,6-8,17,25H,3,5,9-13H2,1H3/t17-/m1/s1. The lowest BCUT2D eigenvalue weighted by Crippen LogP contribution is -2.22. The van der Waals surface area contributed by atoms with Gasteiger partial charge in [-0.1, -0.05) is 5.16 Å². The van der Waals surface area contributed by atoms with Crippen LogP contribution in [0.25, 0.3) is 11.4 Å². The van der Waals surface area contributed by atoms with Gasteiger partial charge in [-0.3, -0.25) is 4.90 Å². The molecule has 0 spiro atoms. The Balaban J connectivity index is 1.49. The number of nitrogens with zero attached hydrogens (tertiary/aromatic N) is 4. The second-order valence-electron chi connectivity index (χ2n) is 6.81. The molecule has 1 saturated heterocycles. The summed E-state index contributed by atoms with van der Waals surface area (Å²) in [6, 6.07) is 7.37. The van der Waals surface area contributed by atoms with Gasteiger partial charge >= 0.3 is 0 Å². The van der Waals surface area contributed by atoms with Crippen LogP contribution in [0.5, 0.6) is 5.88 Å². The lowest BCUT2D eigenvalue weighted by molar-refractivity contribution is 0.144. The highest BCUT2D eigenvalue weighted by atomic mass is 16.5. The average molecular weight is 400 g/mol. The number of ether oxygens (including phenoxy) is 2. The number of rotatable bonds is 9. The second-order valence-corrected chi connectivity index (χ2v) is 6.81. The molecule has 1 aliphatic rings. The third-order valence-corrected chi connectivity index (χ3v) is 4.86. The van der Waals surface area contributed by atoms with Crippen LogP contribution in [0.15, 0.2) is 39.4 Å². The van der Waals surface area contributed by atoms with E-state index in [1.54, 1.807) is 19.4 Å². The summed E-state index contributed by atoms with van der Waals surface area (Å²) in [6.45, 7) is 2.29. The Morgan fingerprint density at radius 3 is 2.97 bits per heavy atom. The van der Waals surface area contributed by atoms with Crippen molar-refractivity contribution in [3.05, 3.63) is 47.9 Å². The zero-order valence-electron chi connectivity index (χ0n) is 16.3. The normalized spacial score (nSPS) is 17.1. The van der Waals surface area contributed by atoms with Gasteiger partial charge in [0.1, 0.15) is 24.7 Å². The Labute approximate surface area is 168 Å². The highest BCUT2D eigenvalue weighted by molar-refractivity contribution is 5.60. The molecule has 4 rings (SSSR count). The minimum atomic E-state index is -0.101. The van der Waals surface area contributed by atoms with E-state index >= 15 is 0 Å². The van der Waals surface area contributed by atoms with E-state index < -0.39 is 0 Å². The van der Waals surface area contributed by atoms with Gasteiger partial charge in [0.05, 0.1) is 24.8 Å². The topological polar surface area (TPSA) is 107 Å². The van der Waals surface area contributed by atoms with Crippen LogP contribution >= 0.6 is 0 Å². The fraction of sp³-hybridized carbons (Fsp3) is 0.450. The fourth-order valence-electron chi connectivity index (χ4n) is 3.47. The molecule has 0 aromatic carbocycles. The quantitative estimate of drug-likeness (QED) is 0.542. The summed E-state index contributed by atoms with van der Waals surface area (Å²) < 4.78 is 21.9. The van der Waals surface area contributed by atoms with Crippen LogP contribution in [0.1, 0.15) is 36.3 Å². The number of pyridine rings is 1. The van der Waals surface area contributed by atoms with Gasteiger partial charge in [0.2, 0.25) is 17.6 Å². The molecule has 9 nitrogen and oxygen atoms in total. The SMILES string of the molecule is COCCOc1ncccc1-c1noc([C@H]2CCCN2Cc2ccc(CO)o2)n1. The van der Waals surface area contributed by atoms with Gasteiger partial charge in [0.25, 0.3) is 0 Å². The lowest BCUT2D eigenvalue weighted by Gasteiger charge is -2.19. The summed E-state index contributed by atoms with van der Waals surface area (Å²) in [5.41, 5.74) is 0.682. The van der Waals surface area contributed by atoms with Crippen LogP contribution in [0.4, 0.5) is 0 Å². The van der Waals surface area contributed by atoms with Crippen molar-refractivity contribution in [1.82, 2.24) is 20.0 Å². The maximum absolute atomic E-state index is 9.18. The number of likely N-dealkylation sites (tertiary alicyclic amines) is 1. The molecule has 1 atom stereocenters. The molecule has 154 valence electrons. The number of furan rings is 1. The van der Waals surface area contributed by atoms with Gasteiger partial charge in [0, 0.05) is 13.3 Å². The summed E-state index contributed by atoms with van der Waals surface area (Å²) in [5, 5.41) is 13.3. The molecular formula is C20H24N4O5. The van der Waals surface area contributed by atoms with Crippen molar-refractivity contribution < 1.29 is 23.5 Å². The Kier molecular flexibility index (Phi) is 6.18. The highest BCUT2D eigenvalue weighted by Gasteiger charge is 2.31. The number of aliphatic hydroxyl groups excluding tert-OH is 1. The van der Waals surface area contributed by atoms with Gasteiger partial charge in [-0.15, -0.1) is 0 Å². The van der Waals surface area contributed by atoms with Gasteiger partial charge in [-0.05, 0) is 43.7 Å². The predicted molar refractivity (Wildman–Crippen MR) is 102 cm³/mol. The van der Waals surface area contributed by atoms with Gasteiger partial charge in [-0.2, -0.15) is 4.98 Å². The van der Waals surface area contributed by atoms with Crippen LogP contribution in [0.3, 0.4) is 0 Å². The maximum Gasteiger partial charge on any atom is 0.244 e. The average Bonchev–Trinajstić information content (AvgIpc) is 3.49.